The number of carbonyl (C=O) groups is 8. The Kier molecular flexibility index (Phi) is 63.3. The van der Waals surface area contributed by atoms with Crippen molar-refractivity contribution < 1.29 is 192 Å². The molecule has 2 aliphatic rings. The van der Waals surface area contributed by atoms with Crippen LogP contribution in [-0.4, -0.2) is 247 Å². The maximum atomic E-state index is 11.3. The first kappa shape index (κ1) is 124. The molecule has 4 heterocycles. The normalized spacial score (nSPS) is 11.0. The van der Waals surface area contributed by atoms with Crippen LogP contribution < -0.4 is 11.1 Å². The summed E-state index contributed by atoms with van der Waals surface area (Å²) in [5.74, 6) is -0.524. The van der Waals surface area contributed by atoms with Crippen LogP contribution in [0.25, 0.3) is 29.0 Å². The number of aliphatic hydroxyl groups excluding tert-OH is 1. The van der Waals surface area contributed by atoms with Crippen molar-refractivity contribution in [3.8, 4) is 40.2 Å². The fourth-order valence-electron chi connectivity index (χ4n) is 9.73. The van der Waals surface area contributed by atoms with Crippen LogP contribution in [0.5, 0.6) is 40.2 Å². The average Bonchev–Trinajstić information content (AvgIpc) is 0.806. The molecule has 7 aromatic carbocycles. The summed E-state index contributed by atoms with van der Waals surface area (Å²) in [7, 11) is 8.84. The molecule has 2 aromatic heterocycles. The third kappa shape index (κ3) is 49.9. The molecule has 0 spiro atoms. The van der Waals surface area contributed by atoms with E-state index in [1.54, 1.807) is 120 Å². The topological polar surface area (TPSA) is 645 Å². The first-order valence-corrected chi connectivity index (χ1v) is 44.8. The van der Waals surface area contributed by atoms with Crippen LogP contribution >= 0.6 is 22.6 Å². The molecule has 1 saturated heterocycles. The first-order chi connectivity index (χ1) is 64.4. The minimum Gasteiger partial charge on any atom is -0.265 e. The van der Waals surface area contributed by atoms with Gasteiger partial charge in [-0.2, -0.15) is 8.42 Å². The molecule has 42 nitrogen and oxygen atoms in total. The number of fused-ring (bicyclic) bond motifs is 2. The number of carboxylic acid groups (broad SMARTS) is 1. The SMILES string of the molecule is C=CB1OB(C=C)OB(C=C)O1.C=Cc1ccc(C(=O)O)c(O)c1.C=Cc1ccc(C(=O)OC)c(O)c1.CO.COC(=O)c1ccc(/C=C\CC(OC)OC)cc1O.COC(=O)c1ccc(C=O)cc1O.COC(=O)c1ccc(I)cc1O.COC(=O)c1ccc2c(c1O)CCNC2.COC(=O)c1ccc2cnccc2c1O.COC(CN)OC.O=S(=O)(O)O.[O]=[Os](=[O])(=[O])=[O].c1ccncc1. The number of halogens is 1. The quantitative estimate of drug-likeness (QED) is 0.00604. The predicted molar refractivity (Wildman–Crippen MR) is 499 cm³/mol. The van der Waals surface area contributed by atoms with Crippen LogP contribution in [0, 0.1) is 3.57 Å². The van der Waals surface area contributed by atoms with E-state index in [2.05, 4.69) is 76.6 Å². The van der Waals surface area contributed by atoms with Crippen LogP contribution in [0.3, 0.4) is 0 Å². The molecule has 734 valence electrons. The summed E-state index contributed by atoms with van der Waals surface area (Å²) >= 11 is -4.01. The Balaban J connectivity index is 0. The number of methoxy groups -OCH3 is 10. The molecule has 48 heteroatoms. The second-order valence-corrected chi connectivity index (χ2v) is 29.5. The number of aromatic hydroxyl groups is 7. The van der Waals surface area contributed by atoms with Gasteiger partial charge in [-0.25, -0.2) is 33.6 Å². The van der Waals surface area contributed by atoms with Crippen molar-refractivity contribution in [1.82, 2.24) is 15.3 Å². The predicted octanol–water partition coefficient (Wildman–Crippen LogP) is 10.9. The van der Waals surface area contributed by atoms with Gasteiger partial charge in [-0.1, -0.05) is 97.9 Å². The minimum absolute atomic E-state index is 0.0475. The molecule has 11 rings (SSSR count). The van der Waals surface area contributed by atoms with E-state index in [9.17, 15) is 69.0 Å². The zero-order valence-corrected chi connectivity index (χ0v) is 80.7. The molecule has 0 radical (unpaired) electrons. The monoisotopic (exact) mass is 2210 g/mol. The van der Waals surface area contributed by atoms with Gasteiger partial charge in [0.25, 0.3) is 0 Å². The zero-order valence-electron chi connectivity index (χ0n) is 75.2. The molecule has 1 fully saturated rings. The Morgan fingerprint density at radius 2 is 0.846 bits per heavy atom. The van der Waals surface area contributed by atoms with E-state index in [0.717, 1.165) is 57.8 Å². The van der Waals surface area contributed by atoms with Gasteiger partial charge in [-0.3, -0.25) is 23.9 Å². The van der Waals surface area contributed by atoms with Crippen molar-refractivity contribution in [1.29, 1.82) is 0 Å². The number of hydrogen-bond acceptors (Lipinski definition) is 39. The van der Waals surface area contributed by atoms with E-state index in [0.29, 0.717) is 35.8 Å². The Bertz CT molecular complexity index is 5600. The largest absolute Gasteiger partial charge is 0.265 e. The summed E-state index contributed by atoms with van der Waals surface area (Å²) in [5.41, 5.74) is 10.4. The van der Waals surface area contributed by atoms with Crippen molar-refractivity contribution in [3.05, 3.63) is 297 Å². The van der Waals surface area contributed by atoms with Gasteiger partial charge < -0.3 is 118 Å². The summed E-state index contributed by atoms with van der Waals surface area (Å²) in [6, 6.07) is 36.5. The van der Waals surface area contributed by atoms with E-state index in [4.69, 9.17) is 85.4 Å². The Hall–Kier alpha value is -13.7. The van der Waals surface area contributed by atoms with Crippen LogP contribution in [0.4, 0.5) is 0 Å². The third-order valence-electron chi connectivity index (χ3n) is 16.2. The number of aldehydes is 1. The summed E-state index contributed by atoms with van der Waals surface area (Å²) < 4.78 is 129. The number of esters is 6. The van der Waals surface area contributed by atoms with Gasteiger partial charge in [-0.15, -0.1) is 19.7 Å². The summed E-state index contributed by atoms with van der Waals surface area (Å²) in [4.78, 5) is 95.3. The number of carbonyl (C=O) groups excluding carboxylic acids is 7. The molecule has 0 bridgehead atoms. The second-order valence-electron chi connectivity index (χ2n) is 24.9. The Labute approximate surface area is 800 Å². The fourth-order valence-corrected chi connectivity index (χ4v) is 10.2. The van der Waals surface area contributed by atoms with Crippen LogP contribution in [0.1, 0.15) is 117 Å². The molecular weight excluding hydrogens is 2100 g/mol. The van der Waals surface area contributed by atoms with Gasteiger partial charge in [0.15, 0.2) is 12.6 Å². The van der Waals surface area contributed by atoms with Gasteiger partial charge in [-0.05, 0) is 155 Å². The smallest absolute Gasteiger partial charge is 0.0267 e. The van der Waals surface area contributed by atoms with Gasteiger partial charge >= 0.3 is 103 Å². The molecule has 2 aliphatic heterocycles. The maximum absolute atomic E-state index is 11.3. The standard InChI is InChI=1S/C14H18O5.C11H13NO3.C11H9NO3.C10H10O3.C9H8O4.C9H8O3.C8H7IO3.C6H9B3O3.C5H5N.C4H11NO2.CH4O.H2O4S.4O.Os/c1-17-13(18-2)6-4-5-10-7-8-11(12(15)9-10)14(16)19-3;2*1-15-11(14)9-3-2-7-6-12-5-4-8(7)10(9)13;1-3-7-4-5-8(9(11)6-7)10(12)13-2;1-13-9(12)7-3-2-6(5-10)4-8(7)11;1-2-6-3-4-7(9(11)12)8(10)5-6;1-12-8(11)6-3-2-5(9)4-7(6)10;1-4-7-10-8(5-2)12-9(6-3)11-7;1-2-4-6-5-3-1;1-6-4(3-5)7-2;1-2;1-5(2,3)4;;;;;/h4-5,7-9,13,15H,6H2,1-3H3;2-3,12-13H,4-6H2,1H3;2-6,13H,1H3;3-6,11H,1H2,2H3;2-5,11H,1H3;2-5,10H,1H2,(H,11,12);2-4,10H,1H3;4-6H,1-3H2;1-5H;4H,3,5H2,1-2H3;2H,1H3;(H2,1,2,3,4);;;;;/b5-4-;;;;;;;;;;;;;;;;. The molecule has 14 N–H and O–H groups in total. The number of aromatic nitrogens is 2. The maximum Gasteiger partial charge on any atom is 0.0267 e. The molecular formula is C88H104B3IN4O38OsS. The molecule has 0 saturated carbocycles. The Morgan fingerprint density at radius 3 is 1.18 bits per heavy atom. The van der Waals surface area contributed by atoms with Crippen molar-refractivity contribution in [2.75, 3.05) is 91.3 Å². The van der Waals surface area contributed by atoms with Crippen molar-refractivity contribution in [2.45, 2.75) is 32.0 Å². The third-order valence-corrected chi connectivity index (χ3v) is 16.9. The molecule has 0 atom stereocenters. The number of aromatic carboxylic acids is 1. The van der Waals surface area contributed by atoms with Crippen LogP contribution in [-0.2, 0) is 113 Å². The number of rotatable bonds is 21. The number of nitrogens with two attached hydrogens (primary N) is 1. The Morgan fingerprint density at radius 1 is 0.493 bits per heavy atom. The van der Waals surface area contributed by atoms with Gasteiger partial charge in [0.2, 0.25) is 0 Å². The molecule has 0 amide bonds. The zero-order chi connectivity index (χ0) is 104. The number of carboxylic acids is 1. The van der Waals surface area contributed by atoms with Gasteiger partial charge in [0.1, 0.15) is 85.5 Å². The summed E-state index contributed by atoms with van der Waals surface area (Å²) in [5, 5.41) is 86.6. The van der Waals surface area contributed by atoms with Crippen molar-refractivity contribution in [3.63, 3.8) is 0 Å². The number of hydrogen-bond donors (Lipinski definition) is 13. The van der Waals surface area contributed by atoms with Gasteiger partial charge in [0, 0.05) is 105 Å². The molecule has 136 heavy (non-hydrogen) atoms. The fraction of sp³-hybridized carbons (Fsp3) is 0.205. The van der Waals surface area contributed by atoms with E-state index >= 15 is 0 Å². The second kappa shape index (κ2) is 69.2. The van der Waals surface area contributed by atoms with E-state index in [1.165, 1.54) is 122 Å². The number of nitrogens with one attached hydrogen (secondary N) is 1. The van der Waals surface area contributed by atoms with Crippen molar-refractivity contribution >= 4 is 131 Å². The van der Waals surface area contributed by atoms with Crippen LogP contribution in [0.2, 0.25) is 0 Å². The van der Waals surface area contributed by atoms with Gasteiger partial charge in [0.05, 0.1) is 42.7 Å². The average molecular weight is 2210 g/mol. The van der Waals surface area contributed by atoms with Crippen molar-refractivity contribution in [2.24, 2.45) is 5.73 Å². The molecule has 0 aliphatic carbocycles. The summed E-state index contributed by atoms with van der Waals surface area (Å²) in [6.45, 7) is 19.6. The van der Waals surface area contributed by atoms with Crippen LogP contribution in [0.15, 0.2) is 221 Å². The minimum atomic E-state index is -6.06. The number of aliphatic hydroxyl groups is 1. The van der Waals surface area contributed by atoms with E-state index in [1.807, 2.05) is 59.0 Å². The molecule has 0 unspecified atom stereocenters. The number of ether oxygens (including phenoxy) is 10. The number of benzene rings is 7. The number of nitrogens with zero attached hydrogens (tertiary/aromatic N) is 2. The number of pyridine rings is 2. The molecule has 9 aromatic rings. The summed E-state index contributed by atoms with van der Waals surface area (Å²) in [6.07, 6.45) is 14.9. The number of phenolic OH excluding ortho intramolecular Hbond substituents is 6. The first-order valence-electron chi connectivity index (χ1n) is 38.1. The van der Waals surface area contributed by atoms with E-state index in [-0.39, 0.29) is 91.8 Å². The van der Waals surface area contributed by atoms with E-state index < -0.39 is 88.4 Å². The number of phenols is 7.